The van der Waals surface area contributed by atoms with Gasteiger partial charge in [0, 0.05) is 29.3 Å². The highest BCUT2D eigenvalue weighted by Crippen LogP contribution is 2.33. The van der Waals surface area contributed by atoms with Gasteiger partial charge in [0.2, 0.25) is 0 Å². The molecule has 5 aromatic rings. The van der Waals surface area contributed by atoms with Crippen LogP contribution in [0.2, 0.25) is 0 Å². The summed E-state index contributed by atoms with van der Waals surface area (Å²) in [7, 11) is 0. The second kappa shape index (κ2) is 8.23. The summed E-state index contributed by atoms with van der Waals surface area (Å²) in [6.07, 6.45) is 0.533. The van der Waals surface area contributed by atoms with Crippen LogP contribution in [0.15, 0.2) is 72.8 Å². The summed E-state index contributed by atoms with van der Waals surface area (Å²) in [5.74, 6) is 0.696. The summed E-state index contributed by atoms with van der Waals surface area (Å²) >= 11 is 0. The summed E-state index contributed by atoms with van der Waals surface area (Å²) in [5.41, 5.74) is 18.3. The molecule has 0 amide bonds. The predicted octanol–water partition coefficient (Wildman–Crippen LogP) is 4.94. The van der Waals surface area contributed by atoms with Gasteiger partial charge in [0.15, 0.2) is 0 Å². The molecule has 160 valence electrons. The summed E-state index contributed by atoms with van der Waals surface area (Å²) in [6, 6.07) is 24.0. The van der Waals surface area contributed by atoms with Gasteiger partial charge in [0.05, 0.1) is 33.8 Å². The zero-order valence-electron chi connectivity index (χ0n) is 18.0. The lowest BCUT2D eigenvalue weighted by Gasteiger charge is -2.15. The van der Waals surface area contributed by atoms with Gasteiger partial charge in [-0.2, -0.15) is 5.10 Å². The van der Waals surface area contributed by atoms with Crippen molar-refractivity contribution in [3.05, 3.63) is 89.7 Å². The molecule has 0 aliphatic rings. The quantitative estimate of drug-likeness (QED) is 0.378. The first-order valence-electron chi connectivity index (χ1n) is 10.7. The molecule has 0 saturated heterocycles. The van der Waals surface area contributed by atoms with Crippen molar-refractivity contribution in [3.8, 4) is 5.75 Å². The van der Waals surface area contributed by atoms with Crippen LogP contribution < -0.4 is 16.2 Å². The second-order valence-corrected chi connectivity index (χ2v) is 7.79. The smallest absolute Gasteiger partial charge is 0.130 e. The molecule has 2 aromatic heterocycles. The zero-order chi connectivity index (χ0) is 22.1. The second-order valence-electron chi connectivity index (χ2n) is 7.79. The third kappa shape index (κ3) is 3.60. The number of ether oxygens (including phenoxy) is 1. The molecule has 0 fully saturated rings. The van der Waals surface area contributed by atoms with Crippen molar-refractivity contribution in [1.82, 2.24) is 14.8 Å². The maximum absolute atomic E-state index is 6.40. The van der Waals surface area contributed by atoms with E-state index in [9.17, 15) is 0 Å². The van der Waals surface area contributed by atoms with E-state index in [4.69, 9.17) is 26.3 Å². The fraction of sp³-hybridized carbons (Fsp3) is 0.154. The Morgan fingerprint density at radius 2 is 1.72 bits per heavy atom. The number of nitrogen functional groups attached to an aromatic ring is 2. The van der Waals surface area contributed by atoms with Crippen molar-refractivity contribution in [2.45, 2.75) is 26.5 Å². The Morgan fingerprint density at radius 1 is 0.906 bits per heavy atom. The maximum atomic E-state index is 6.40. The third-order valence-electron chi connectivity index (χ3n) is 5.76. The van der Waals surface area contributed by atoms with E-state index in [0.717, 1.165) is 45.3 Å². The van der Waals surface area contributed by atoms with Crippen LogP contribution in [-0.4, -0.2) is 14.8 Å². The number of para-hydroxylation sites is 2. The number of nitrogens with two attached hydrogens (primary N) is 2. The Balaban J connectivity index is 1.47. The molecule has 4 N–H and O–H groups in total. The largest absolute Gasteiger partial charge is 0.487 e. The normalized spacial score (nSPS) is 11.3. The van der Waals surface area contributed by atoms with Gasteiger partial charge in [0.1, 0.15) is 12.4 Å². The number of aryl methyl sites for hydroxylation is 1. The molecule has 6 nitrogen and oxygen atoms in total. The highest BCUT2D eigenvalue weighted by molar-refractivity contribution is 5.83. The van der Waals surface area contributed by atoms with Crippen LogP contribution >= 0.6 is 0 Å². The van der Waals surface area contributed by atoms with Crippen LogP contribution in [0.1, 0.15) is 23.9 Å². The van der Waals surface area contributed by atoms with E-state index >= 15 is 0 Å². The summed E-state index contributed by atoms with van der Waals surface area (Å²) in [4.78, 5) is 4.70. The molecule has 0 bridgehead atoms. The molecule has 5 rings (SSSR count). The van der Waals surface area contributed by atoms with Crippen LogP contribution in [0.3, 0.4) is 0 Å². The van der Waals surface area contributed by atoms with Crippen molar-refractivity contribution in [2.75, 3.05) is 11.5 Å². The highest BCUT2D eigenvalue weighted by Gasteiger charge is 2.17. The number of rotatable bonds is 6. The molecule has 0 aliphatic carbocycles. The fourth-order valence-corrected chi connectivity index (χ4v) is 4.06. The molecule has 0 saturated carbocycles. The van der Waals surface area contributed by atoms with Gasteiger partial charge in [0.25, 0.3) is 0 Å². The fourth-order valence-electron chi connectivity index (χ4n) is 4.06. The number of hydrogen-bond donors (Lipinski definition) is 2. The lowest BCUT2D eigenvalue weighted by atomic mass is 10.0. The van der Waals surface area contributed by atoms with Gasteiger partial charge in [-0.1, -0.05) is 42.5 Å². The number of anilines is 2. The SMILES string of the molecule is CCn1nc(Cc2c(OCc3ccc4ccccc4n3)ccc(N)c2N)c2ccccc21. The van der Waals surface area contributed by atoms with Crippen molar-refractivity contribution >= 4 is 33.2 Å². The minimum Gasteiger partial charge on any atom is -0.487 e. The molecule has 3 aromatic carbocycles. The Kier molecular flexibility index (Phi) is 5.11. The zero-order valence-corrected chi connectivity index (χ0v) is 18.0. The van der Waals surface area contributed by atoms with E-state index in [1.165, 1.54) is 0 Å². The molecule has 0 spiro atoms. The van der Waals surface area contributed by atoms with E-state index in [1.54, 1.807) is 6.07 Å². The van der Waals surface area contributed by atoms with E-state index in [1.807, 2.05) is 53.2 Å². The van der Waals surface area contributed by atoms with Crippen molar-refractivity contribution in [1.29, 1.82) is 0 Å². The number of nitrogens with zero attached hydrogens (tertiary/aromatic N) is 3. The first-order chi connectivity index (χ1) is 15.6. The Labute approximate surface area is 186 Å². The van der Waals surface area contributed by atoms with Gasteiger partial charge in [-0.05, 0) is 37.3 Å². The Bertz CT molecular complexity index is 1420. The molecular formula is C26H25N5O. The van der Waals surface area contributed by atoms with Crippen LogP contribution in [0.4, 0.5) is 11.4 Å². The van der Waals surface area contributed by atoms with Gasteiger partial charge in [-0.25, -0.2) is 4.98 Å². The minimum atomic E-state index is 0.339. The average molecular weight is 424 g/mol. The molecule has 0 aliphatic heterocycles. The van der Waals surface area contributed by atoms with E-state index in [0.29, 0.717) is 30.2 Å². The lowest BCUT2D eigenvalue weighted by Crippen LogP contribution is -2.07. The van der Waals surface area contributed by atoms with E-state index in [2.05, 4.69) is 25.1 Å². The first kappa shape index (κ1) is 19.9. The molecule has 0 unspecified atom stereocenters. The third-order valence-corrected chi connectivity index (χ3v) is 5.76. The topological polar surface area (TPSA) is 92.0 Å². The summed E-state index contributed by atoms with van der Waals surface area (Å²) in [6.45, 7) is 3.22. The van der Waals surface area contributed by atoms with Gasteiger partial charge in [-0.3, -0.25) is 4.68 Å². The number of aromatic nitrogens is 3. The standard InChI is InChI=1S/C26H25N5O/c1-2-31-24-10-6-4-8-19(24)23(30-31)15-20-25(14-13-21(27)26(20)28)32-16-18-12-11-17-7-3-5-9-22(17)29-18/h3-14H,2,15-16,27-28H2,1H3. The van der Waals surface area contributed by atoms with Crippen LogP contribution in [0, 0.1) is 0 Å². The number of benzene rings is 3. The van der Waals surface area contributed by atoms with Gasteiger partial charge in [-0.15, -0.1) is 0 Å². The van der Waals surface area contributed by atoms with Crippen LogP contribution in [-0.2, 0) is 19.6 Å². The summed E-state index contributed by atoms with van der Waals surface area (Å²) in [5, 5.41) is 7.03. The van der Waals surface area contributed by atoms with Crippen molar-refractivity contribution in [2.24, 2.45) is 0 Å². The monoisotopic (exact) mass is 423 g/mol. The van der Waals surface area contributed by atoms with Crippen molar-refractivity contribution in [3.63, 3.8) is 0 Å². The van der Waals surface area contributed by atoms with Crippen LogP contribution in [0.5, 0.6) is 5.75 Å². The lowest BCUT2D eigenvalue weighted by molar-refractivity contribution is 0.299. The molecular weight excluding hydrogens is 398 g/mol. The van der Waals surface area contributed by atoms with Crippen molar-refractivity contribution < 1.29 is 4.74 Å². The molecule has 6 heteroatoms. The molecule has 0 radical (unpaired) electrons. The van der Waals surface area contributed by atoms with Gasteiger partial charge < -0.3 is 16.2 Å². The number of pyridine rings is 1. The van der Waals surface area contributed by atoms with Crippen LogP contribution in [0.25, 0.3) is 21.8 Å². The molecule has 0 atom stereocenters. The summed E-state index contributed by atoms with van der Waals surface area (Å²) < 4.78 is 8.20. The minimum absolute atomic E-state index is 0.339. The molecule has 32 heavy (non-hydrogen) atoms. The molecule has 2 heterocycles. The first-order valence-corrected chi connectivity index (χ1v) is 10.7. The van der Waals surface area contributed by atoms with E-state index in [-0.39, 0.29) is 0 Å². The Morgan fingerprint density at radius 3 is 2.59 bits per heavy atom. The van der Waals surface area contributed by atoms with Gasteiger partial charge >= 0.3 is 0 Å². The Hall–Kier alpha value is -4.06. The average Bonchev–Trinajstić information content (AvgIpc) is 3.19. The van der Waals surface area contributed by atoms with E-state index < -0.39 is 0 Å². The number of fused-ring (bicyclic) bond motifs is 2. The maximum Gasteiger partial charge on any atom is 0.130 e. The highest BCUT2D eigenvalue weighted by atomic mass is 16.5. The number of hydrogen-bond acceptors (Lipinski definition) is 5. The predicted molar refractivity (Wildman–Crippen MR) is 130 cm³/mol.